The van der Waals surface area contributed by atoms with Gasteiger partial charge in [-0.1, -0.05) is 198 Å². The van der Waals surface area contributed by atoms with E-state index < -0.39 is 18.1 Å². The molecular formula is C56H103NO7. The number of carbonyl (C=O) groups excluding carboxylic acids is 3. The van der Waals surface area contributed by atoms with Crippen LogP contribution >= 0.6 is 0 Å². The highest BCUT2D eigenvalue weighted by Crippen LogP contribution is 2.16. The van der Waals surface area contributed by atoms with E-state index in [0.29, 0.717) is 12.8 Å². The maximum atomic E-state index is 12.8. The summed E-state index contributed by atoms with van der Waals surface area (Å²) in [6.07, 6.45) is 56.1. The van der Waals surface area contributed by atoms with Crippen molar-refractivity contribution in [2.45, 2.75) is 264 Å². The van der Waals surface area contributed by atoms with Crippen LogP contribution in [0.3, 0.4) is 0 Å². The van der Waals surface area contributed by atoms with Crippen molar-refractivity contribution in [1.29, 1.82) is 0 Å². The molecule has 0 saturated heterocycles. The number of allylic oxidation sites excluding steroid dienone is 6. The number of carboxylic acid groups (broad SMARTS) is 1. The van der Waals surface area contributed by atoms with Gasteiger partial charge in [0.1, 0.15) is 12.6 Å². The van der Waals surface area contributed by atoms with Crippen molar-refractivity contribution in [3.63, 3.8) is 0 Å². The number of likely N-dealkylation sites (N-methyl/N-ethyl adjacent to an activating group) is 1. The summed E-state index contributed by atoms with van der Waals surface area (Å²) >= 11 is 0. The Morgan fingerprint density at radius 1 is 0.469 bits per heavy atom. The normalized spacial score (nSPS) is 13.1. The fourth-order valence-corrected chi connectivity index (χ4v) is 8.04. The van der Waals surface area contributed by atoms with Crippen molar-refractivity contribution < 1.29 is 38.2 Å². The summed E-state index contributed by atoms with van der Waals surface area (Å²) in [6, 6.07) is -0.728. The number of quaternary nitrogens is 1. The first kappa shape index (κ1) is 61.5. The van der Waals surface area contributed by atoms with E-state index >= 15 is 0 Å². The fourth-order valence-electron chi connectivity index (χ4n) is 8.04. The van der Waals surface area contributed by atoms with Crippen molar-refractivity contribution >= 4 is 17.9 Å². The molecule has 0 radical (unpaired) electrons. The van der Waals surface area contributed by atoms with Gasteiger partial charge in [-0.3, -0.25) is 9.59 Å². The minimum absolute atomic E-state index is 0.0378. The van der Waals surface area contributed by atoms with Gasteiger partial charge in [0.15, 0.2) is 6.10 Å². The zero-order valence-electron chi connectivity index (χ0n) is 42.7. The van der Waals surface area contributed by atoms with Crippen molar-refractivity contribution in [3.8, 4) is 0 Å². The lowest BCUT2D eigenvalue weighted by atomic mass is 10.0. The predicted molar refractivity (Wildman–Crippen MR) is 268 cm³/mol. The Balaban J connectivity index is 4.19. The van der Waals surface area contributed by atoms with Crippen molar-refractivity contribution in [1.82, 2.24) is 0 Å². The topological polar surface area (TPSA) is 102 Å². The molecule has 8 nitrogen and oxygen atoms in total. The second-order valence-corrected chi connectivity index (χ2v) is 19.5. The van der Waals surface area contributed by atoms with Crippen LogP contribution in [0, 0.1) is 0 Å². The molecule has 2 atom stereocenters. The largest absolute Gasteiger partial charge is 0.544 e. The SMILES string of the molecule is CCCCC/C=C/C/C=C/CCCCCCCCCC(=O)OC(COCCC(C(=O)[O-])[N+](C)(C)C)COC(=O)CCCCCCCCC/C=C/CCCCCCCCCCCCCC. The number of nitrogens with zero attached hydrogens (tertiary/aromatic N) is 1. The summed E-state index contributed by atoms with van der Waals surface area (Å²) in [6.45, 7) is 4.66. The molecule has 0 bridgehead atoms. The molecule has 0 aliphatic carbocycles. The molecule has 0 aliphatic rings. The summed E-state index contributed by atoms with van der Waals surface area (Å²) in [5, 5.41) is 11.7. The van der Waals surface area contributed by atoms with Crippen LogP contribution in [0.4, 0.5) is 0 Å². The number of carboxylic acids is 1. The lowest BCUT2D eigenvalue weighted by molar-refractivity contribution is -0.889. The number of rotatable bonds is 49. The molecule has 8 heteroatoms. The molecule has 0 spiro atoms. The highest BCUT2D eigenvalue weighted by atomic mass is 16.6. The van der Waals surface area contributed by atoms with E-state index in [1.54, 1.807) is 21.1 Å². The quantitative estimate of drug-likeness (QED) is 0.0259. The van der Waals surface area contributed by atoms with Gasteiger partial charge >= 0.3 is 11.9 Å². The number of ether oxygens (including phenoxy) is 3. The van der Waals surface area contributed by atoms with Gasteiger partial charge in [0.2, 0.25) is 0 Å². The first-order chi connectivity index (χ1) is 31.1. The van der Waals surface area contributed by atoms with Gasteiger partial charge in [0.05, 0.1) is 40.3 Å². The molecule has 0 aromatic heterocycles. The molecule has 0 heterocycles. The third-order valence-electron chi connectivity index (χ3n) is 12.2. The van der Waals surface area contributed by atoms with Crippen molar-refractivity contribution in [2.24, 2.45) is 0 Å². The Bertz CT molecular complexity index is 1140. The minimum atomic E-state index is -1.12. The maximum Gasteiger partial charge on any atom is 0.306 e. The van der Waals surface area contributed by atoms with Crippen LogP contribution in [0.2, 0.25) is 0 Å². The fraction of sp³-hybridized carbons (Fsp3) is 0.839. The summed E-state index contributed by atoms with van der Waals surface area (Å²) in [5.74, 6) is -1.74. The Labute approximate surface area is 395 Å². The van der Waals surface area contributed by atoms with E-state index in [9.17, 15) is 19.5 Å². The molecule has 0 aromatic rings. The van der Waals surface area contributed by atoms with Gasteiger partial charge in [-0.15, -0.1) is 0 Å². The number of unbranched alkanes of at least 4 members (excludes halogenated alkanes) is 29. The van der Waals surface area contributed by atoms with Crippen LogP contribution in [0.25, 0.3) is 0 Å². The third kappa shape index (κ3) is 44.7. The van der Waals surface area contributed by atoms with E-state index in [1.807, 2.05) is 0 Å². The van der Waals surface area contributed by atoms with Gasteiger partial charge < -0.3 is 28.6 Å². The minimum Gasteiger partial charge on any atom is -0.544 e. The van der Waals surface area contributed by atoms with E-state index in [2.05, 4.69) is 50.3 Å². The standard InChI is InChI=1S/C56H103NO7/c1-6-8-10-12-14-16-18-20-22-24-25-26-27-28-29-31-32-34-36-38-40-42-44-46-54(58)63-51-52(50-62-49-48-53(56(60)61)57(3,4)5)64-55(59)47-45-43-41-39-37-35-33-30-23-21-19-17-15-13-11-9-7-2/h15,17,21,23,28-29,52-53H,6-14,16,18-20,22,24-27,30-51H2,1-5H3/b17-15+,23-21+,29-28+. The van der Waals surface area contributed by atoms with E-state index in [4.69, 9.17) is 14.2 Å². The van der Waals surface area contributed by atoms with Gasteiger partial charge in [0, 0.05) is 19.3 Å². The molecular weight excluding hydrogens is 799 g/mol. The molecule has 64 heavy (non-hydrogen) atoms. The Hall–Kier alpha value is -2.45. The summed E-state index contributed by atoms with van der Waals surface area (Å²) in [7, 11) is 5.42. The molecule has 374 valence electrons. The van der Waals surface area contributed by atoms with Gasteiger partial charge in [0.25, 0.3) is 0 Å². The molecule has 0 N–H and O–H groups in total. The number of aliphatic carboxylic acids is 1. The number of hydrogen-bond acceptors (Lipinski definition) is 7. The van der Waals surface area contributed by atoms with Crippen LogP contribution in [0.5, 0.6) is 0 Å². The van der Waals surface area contributed by atoms with Crippen LogP contribution in [0.1, 0.15) is 251 Å². The molecule has 0 aromatic carbocycles. The average molecular weight is 902 g/mol. The second kappa shape index (κ2) is 47.1. The molecule has 0 fully saturated rings. The first-order valence-electron chi connectivity index (χ1n) is 27.0. The van der Waals surface area contributed by atoms with Gasteiger partial charge in [-0.25, -0.2) is 0 Å². The molecule has 0 saturated carbocycles. The second-order valence-electron chi connectivity index (χ2n) is 19.5. The van der Waals surface area contributed by atoms with Crippen LogP contribution in [-0.4, -0.2) is 75.5 Å². The smallest absolute Gasteiger partial charge is 0.306 e. The molecule has 2 unspecified atom stereocenters. The van der Waals surface area contributed by atoms with Crippen molar-refractivity contribution in [2.75, 3.05) is 41.0 Å². The Morgan fingerprint density at radius 2 is 0.828 bits per heavy atom. The lowest BCUT2D eigenvalue weighted by Gasteiger charge is -2.34. The van der Waals surface area contributed by atoms with E-state index in [1.165, 1.54) is 167 Å². The summed E-state index contributed by atoms with van der Waals surface area (Å²) < 4.78 is 17.3. The molecule has 0 rings (SSSR count). The third-order valence-corrected chi connectivity index (χ3v) is 12.2. The Morgan fingerprint density at radius 3 is 1.25 bits per heavy atom. The lowest BCUT2D eigenvalue weighted by Crippen LogP contribution is -2.55. The van der Waals surface area contributed by atoms with Crippen LogP contribution in [-0.2, 0) is 28.6 Å². The van der Waals surface area contributed by atoms with Gasteiger partial charge in [-0.05, 0) is 70.6 Å². The average Bonchev–Trinajstić information content (AvgIpc) is 3.26. The zero-order valence-corrected chi connectivity index (χ0v) is 42.7. The van der Waals surface area contributed by atoms with Crippen LogP contribution < -0.4 is 5.11 Å². The maximum absolute atomic E-state index is 12.8. The Kier molecular flexibility index (Phi) is 45.3. The highest BCUT2D eigenvalue weighted by Gasteiger charge is 2.25. The summed E-state index contributed by atoms with van der Waals surface area (Å²) in [4.78, 5) is 37.1. The molecule has 0 amide bonds. The summed E-state index contributed by atoms with van der Waals surface area (Å²) in [5.41, 5.74) is 0. The van der Waals surface area contributed by atoms with E-state index in [0.717, 1.165) is 51.4 Å². The number of esters is 2. The van der Waals surface area contributed by atoms with Crippen LogP contribution in [0.15, 0.2) is 36.5 Å². The highest BCUT2D eigenvalue weighted by molar-refractivity contribution is 5.70. The van der Waals surface area contributed by atoms with Gasteiger partial charge in [-0.2, -0.15) is 0 Å². The first-order valence-corrected chi connectivity index (χ1v) is 27.0. The van der Waals surface area contributed by atoms with E-state index in [-0.39, 0.29) is 42.7 Å². The monoisotopic (exact) mass is 902 g/mol. The zero-order chi connectivity index (χ0) is 47.0. The van der Waals surface area contributed by atoms with Crippen molar-refractivity contribution in [3.05, 3.63) is 36.5 Å². The number of carbonyl (C=O) groups is 3. The molecule has 0 aliphatic heterocycles. The number of hydrogen-bond donors (Lipinski definition) is 0. The predicted octanol–water partition coefficient (Wildman–Crippen LogP) is 14.4.